The normalized spacial score (nSPS) is 14.1. The van der Waals surface area contributed by atoms with E-state index >= 15 is 0 Å². The van der Waals surface area contributed by atoms with Crippen molar-refractivity contribution in [3.05, 3.63) is 56.6 Å². The summed E-state index contributed by atoms with van der Waals surface area (Å²) in [6.45, 7) is 8.84. The molecule has 0 spiro atoms. The predicted octanol–water partition coefficient (Wildman–Crippen LogP) is 6.56. The van der Waals surface area contributed by atoms with Crippen molar-refractivity contribution in [2.75, 3.05) is 0 Å². The second-order valence-electron chi connectivity index (χ2n) is 11.5. The summed E-state index contributed by atoms with van der Waals surface area (Å²) in [5.41, 5.74) is -0.0923. The molecule has 0 aliphatic rings. The van der Waals surface area contributed by atoms with Crippen molar-refractivity contribution in [2.24, 2.45) is 10.8 Å². The third-order valence-electron chi connectivity index (χ3n) is 7.04. The zero-order chi connectivity index (χ0) is 26.9. The van der Waals surface area contributed by atoms with Gasteiger partial charge in [-0.1, -0.05) is 27.7 Å². The van der Waals surface area contributed by atoms with Gasteiger partial charge in [-0.3, -0.25) is 9.59 Å². The molecule has 0 aromatic carbocycles. The molecular weight excluding hydrogens is 496 g/mol. The van der Waals surface area contributed by atoms with Gasteiger partial charge < -0.3 is 19.0 Å². The van der Waals surface area contributed by atoms with Crippen LogP contribution in [0.25, 0.3) is 0 Å². The van der Waals surface area contributed by atoms with Gasteiger partial charge in [-0.2, -0.15) is 25.3 Å². The van der Waals surface area contributed by atoms with Crippen LogP contribution in [0.3, 0.4) is 0 Å². The number of rotatable bonds is 15. The van der Waals surface area contributed by atoms with E-state index in [0.29, 0.717) is 34.7 Å². The van der Waals surface area contributed by atoms with Crippen molar-refractivity contribution in [1.29, 1.82) is 0 Å². The van der Waals surface area contributed by atoms with Gasteiger partial charge in [-0.25, -0.2) is 0 Å². The lowest BCUT2D eigenvalue weighted by atomic mass is 9.81. The van der Waals surface area contributed by atoms with Crippen LogP contribution < -0.4 is 10.9 Å². The summed E-state index contributed by atoms with van der Waals surface area (Å²) >= 11 is 9.63. The maximum Gasteiger partial charge on any atom is 0.229 e. The molecule has 0 amide bonds. The summed E-state index contributed by atoms with van der Waals surface area (Å²) in [7, 11) is 0. The molecule has 0 fully saturated rings. The molecule has 2 atom stereocenters. The third kappa shape index (κ3) is 10.7. The Kier molecular flexibility index (Phi) is 11.5. The Balaban J connectivity index is 1.67. The highest BCUT2D eigenvalue weighted by Gasteiger charge is 2.22. The fraction of sp³-hybridized carbons (Fsp3) is 0.643. The van der Waals surface area contributed by atoms with Gasteiger partial charge in [-0.15, -0.1) is 0 Å². The van der Waals surface area contributed by atoms with Crippen molar-refractivity contribution in [3.8, 4) is 11.5 Å². The number of hydrogen-bond donors (Lipinski definition) is 4. The molecular formula is C28H42O6S2. The summed E-state index contributed by atoms with van der Waals surface area (Å²) in [5.74, 6) is -0.0971. The Morgan fingerprint density at radius 1 is 0.778 bits per heavy atom. The van der Waals surface area contributed by atoms with Gasteiger partial charge in [0.25, 0.3) is 0 Å². The molecule has 0 saturated heterocycles. The fourth-order valence-electron chi connectivity index (χ4n) is 4.17. The summed E-state index contributed by atoms with van der Waals surface area (Å²) in [6, 6.07) is 1.37. The van der Waals surface area contributed by atoms with Crippen LogP contribution in [0.5, 0.6) is 11.5 Å². The average molecular weight is 539 g/mol. The number of thiol groups is 2. The van der Waals surface area contributed by atoms with E-state index in [2.05, 4.69) is 27.7 Å². The average Bonchev–Trinajstić information content (AvgIpc) is 2.82. The molecule has 2 heterocycles. The van der Waals surface area contributed by atoms with Crippen LogP contribution in [0.1, 0.15) is 90.4 Å². The largest absolute Gasteiger partial charge is 0.502 e. The van der Waals surface area contributed by atoms with Crippen LogP contribution in [0.2, 0.25) is 0 Å². The van der Waals surface area contributed by atoms with E-state index in [1.54, 1.807) is 0 Å². The van der Waals surface area contributed by atoms with Crippen molar-refractivity contribution >= 4 is 25.3 Å². The SMILES string of the molecule is CC(C)(CCc1cc(=O)c(O)co1)CCC(S)CCC(S)CCC(C)(C)CCc1cocc(O)c1=O. The van der Waals surface area contributed by atoms with Gasteiger partial charge in [0.15, 0.2) is 11.5 Å². The molecule has 2 aromatic heterocycles. The molecule has 0 bridgehead atoms. The zero-order valence-electron chi connectivity index (χ0n) is 22.0. The molecule has 2 rings (SSSR count). The van der Waals surface area contributed by atoms with Crippen molar-refractivity contribution in [3.63, 3.8) is 0 Å². The first kappa shape index (κ1) is 30.4. The minimum absolute atomic E-state index is 0.0555. The van der Waals surface area contributed by atoms with Crippen LogP contribution in [0, 0.1) is 10.8 Å². The highest BCUT2D eigenvalue weighted by atomic mass is 32.1. The third-order valence-corrected chi connectivity index (χ3v) is 8.07. The number of hydrogen-bond acceptors (Lipinski definition) is 8. The van der Waals surface area contributed by atoms with Crippen molar-refractivity contribution in [1.82, 2.24) is 0 Å². The van der Waals surface area contributed by atoms with Gasteiger partial charge >= 0.3 is 0 Å². The molecule has 0 aliphatic heterocycles. The molecule has 0 aliphatic carbocycles. The monoisotopic (exact) mass is 538 g/mol. The Morgan fingerprint density at radius 3 is 1.89 bits per heavy atom. The van der Waals surface area contributed by atoms with Gasteiger partial charge in [0.1, 0.15) is 18.3 Å². The summed E-state index contributed by atoms with van der Waals surface area (Å²) in [5, 5.41) is 19.5. The predicted molar refractivity (Wildman–Crippen MR) is 151 cm³/mol. The Bertz CT molecular complexity index is 1070. The van der Waals surface area contributed by atoms with Crippen molar-refractivity contribution < 1.29 is 19.0 Å². The highest BCUT2D eigenvalue weighted by Crippen LogP contribution is 2.33. The van der Waals surface area contributed by atoms with E-state index in [1.807, 2.05) is 0 Å². The fourth-order valence-corrected chi connectivity index (χ4v) is 4.73. The van der Waals surface area contributed by atoms with Crippen LogP contribution in [-0.2, 0) is 12.8 Å². The molecule has 6 nitrogen and oxygen atoms in total. The van der Waals surface area contributed by atoms with Gasteiger partial charge in [-0.05, 0) is 68.6 Å². The number of aromatic hydroxyl groups is 2. The van der Waals surface area contributed by atoms with Gasteiger partial charge in [0.2, 0.25) is 10.9 Å². The van der Waals surface area contributed by atoms with E-state index < -0.39 is 5.43 Å². The van der Waals surface area contributed by atoms with Crippen LogP contribution in [0.15, 0.2) is 43.3 Å². The second-order valence-corrected chi connectivity index (χ2v) is 13.0. The first-order valence-electron chi connectivity index (χ1n) is 12.7. The van der Waals surface area contributed by atoms with E-state index in [-0.39, 0.29) is 27.8 Å². The highest BCUT2D eigenvalue weighted by molar-refractivity contribution is 7.81. The lowest BCUT2D eigenvalue weighted by Gasteiger charge is -2.27. The Morgan fingerprint density at radius 2 is 1.33 bits per heavy atom. The maximum absolute atomic E-state index is 12.0. The number of aryl methyl sites for hydroxylation is 2. The van der Waals surface area contributed by atoms with Crippen LogP contribution in [-0.4, -0.2) is 20.7 Å². The molecule has 36 heavy (non-hydrogen) atoms. The van der Waals surface area contributed by atoms with E-state index in [9.17, 15) is 19.8 Å². The topological polar surface area (TPSA) is 101 Å². The molecule has 202 valence electrons. The van der Waals surface area contributed by atoms with E-state index in [1.165, 1.54) is 12.3 Å². The first-order chi connectivity index (χ1) is 16.8. The molecule has 0 radical (unpaired) electrons. The van der Waals surface area contributed by atoms with Gasteiger partial charge in [0.05, 0.1) is 6.26 Å². The minimum Gasteiger partial charge on any atom is -0.502 e. The van der Waals surface area contributed by atoms with Crippen LogP contribution in [0.4, 0.5) is 0 Å². The summed E-state index contributed by atoms with van der Waals surface area (Å²) in [4.78, 5) is 23.6. The van der Waals surface area contributed by atoms with Crippen molar-refractivity contribution in [2.45, 2.75) is 102 Å². The Labute approximate surface area is 225 Å². The second kappa shape index (κ2) is 13.7. The quantitative estimate of drug-likeness (QED) is 0.192. The summed E-state index contributed by atoms with van der Waals surface area (Å²) in [6.07, 6.45) is 12.6. The maximum atomic E-state index is 12.0. The standard InChI is InChI=1S/C28H42O6S2/c1-27(2,11-7-19-16-33-17-25(31)26(19)32)13-9-21(35)5-6-22(36)10-14-28(3,4)12-8-20-15-23(29)24(30)18-34-20/h15-18,21-22,30-31,35-36H,5-14H2,1-4H3. The molecule has 0 saturated carbocycles. The zero-order valence-corrected chi connectivity index (χ0v) is 23.7. The molecule has 2 aromatic rings. The summed E-state index contributed by atoms with van der Waals surface area (Å²) < 4.78 is 10.3. The van der Waals surface area contributed by atoms with Crippen LogP contribution >= 0.6 is 25.3 Å². The lowest BCUT2D eigenvalue weighted by Crippen LogP contribution is -2.18. The van der Waals surface area contributed by atoms with E-state index in [4.69, 9.17) is 34.1 Å². The first-order valence-corrected chi connectivity index (χ1v) is 13.8. The van der Waals surface area contributed by atoms with Gasteiger partial charge in [0, 0.05) is 28.6 Å². The smallest absolute Gasteiger partial charge is 0.229 e. The minimum atomic E-state index is -0.404. The molecule has 2 N–H and O–H groups in total. The molecule has 8 heteroatoms. The lowest BCUT2D eigenvalue weighted by molar-refractivity contribution is 0.283. The Hall–Kier alpha value is -1.80. The molecule has 2 unspecified atom stereocenters. The van der Waals surface area contributed by atoms with E-state index in [0.717, 1.165) is 63.9 Å².